The Morgan fingerprint density at radius 3 is 2.67 bits per heavy atom. The van der Waals surface area contributed by atoms with Gasteiger partial charge in [-0.25, -0.2) is 0 Å². The molecular weight excluding hydrogens is 397 g/mol. The fourth-order valence-corrected chi connectivity index (χ4v) is 3.37. The van der Waals surface area contributed by atoms with Gasteiger partial charge >= 0.3 is 6.18 Å². The minimum absolute atomic E-state index is 0.0829. The Bertz CT molecular complexity index is 1120. The average Bonchev–Trinajstić information content (AvgIpc) is 3.35. The molecule has 1 saturated heterocycles. The molecule has 0 bridgehead atoms. The van der Waals surface area contributed by atoms with Crippen LogP contribution in [0.2, 0.25) is 0 Å². The number of benzene rings is 2. The summed E-state index contributed by atoms with van der Waals surface area (Å²) in [5, 5.41) is 12.8. The molecule has 0 radical (unpaired) electrons. The second-order valence-electron chi connectivity index (χ2n) is 7.02. The largest absolute Gasteiger partial charge is 0.416 e. The van der Waals surface area contributed by atoms with Gasteiger partial charge < -0.3 is 9.42 Å². The summed E-state index contributed by atoms with van der Waals surface area (Å²) in [6.45, 7) is 0.376. The topological polar surface area (TPSA) is 83.0 Å². The lowest BCUT2D eigenvalue weighted by Crippen LogP contribution is -2.24. The summed E-state index contributed by atoms with van der Waals surface area (Å²) < 4.78 is 44.0. The van der Waals surface area contributed by atoms with E-state index in [9.17, 15) is 18.0 Å². The number of aromatic nitrogens is 2. The molecule has 30 heavy (non-hydrogen) atoms. The highest BCUT2D eigenvalue weighted by Gasteiger charge is 2.35. The molecular formula is C21H15F3N4O2. The molecule has 0 N–H and O–H groups in total. The molecule has 152 valence electrons. The van der Waals surface area contributed by atoms with Gasteiger partial charge in [0.2, 0.25) is 5.91 Å². The van der Waals surface area contributed by atoms with E-state index in [2.05, 4.69) is 10.1 Å². The standard InChI is InChI=1S/C21H15F3N4O2/c22-21(23,24)17-3-1-2-14(8-17)11-28-12-16(9-18(28)29)19-26-20(30-27-19)15-6-4-13(10-25)5-7-15/h1-8,16H,9,11-12H2. The van der Waals surface area contributed by atoms with Gasteiger partial charge in [0.25, 0.3) is 5.89 Å². The number of halogens is 3. The number of hydrogen-bond acceptors (Lipinski definition) is 5. The van der Waals surface area contributed by atoms with Gasteiger partial charge in [0.15, 0.2) is 5.82 Å². The average molecular weight is 412 g/mol. The van der Waals surface area contributed by atoms with Crippen molar-refractivity contribution in [3.8, 4) is 17.5 Å². The fourth-order valence-electron chi connectivity index (χ4n) is 3.37. The summed E-state index contributed by atoms with van der Waals surface area (Å²) in [7, 11) is 0. The molecule has 0 aliphatic carbocycles. The fraction of sp³-hybridized carbons (Fsp3) is 0.238. The van der Waals surface area contributed by atoms with E-state index < -0.39 is 11.7 Å². The molecule has 1 fully saturated rings. The van der Waals surface area contributed by atoms with Crippen molar-refractivity contribution >= 4 is 5.91 Å². The predicted molar refractivity (Wildman–Crippen MR) is 98.7 cm³/mol. The Labute approximate surface area is 169 Å². The summed E-state index contributed by atoms with van der Waals surface area (Å²) in [6, 6.07) is 13.6. The van der Waals surface area contributed by atoms with E-state index >= 15 is 0 Å². The number of rotatable bonds is 4. The van der Waals surface area contributed by atoms with Crippen molar-refractivity contribution in [2.45, 2.75) is 25.1 Å². The first-order valence-electron chi connectivity index (χ1n) is 9.11. The highest BCUT2D eigenvalue weighted by Crippen LogP contribution is 2.32. The highest BCUT2D eigenvalue weighted by atomic mass is 19.4. The van der Waals surface area contributed by atoms with Crippen LogP contribution in [0.5, 0.6) is 0 Å². The van der Waals surface area contributed by atoms with E-state index in [4.69, 9.17) is 9.78 Å². The van der Waals surface area contributed by atoms with Crippen LogP contribution in [0.1, 0.15) is 34.9 Å². The maximum atomic E-state index is 12.9. The van der Waals surface area contributed by atoms with E-state index in [0.29, 0.717) is 29.1 Å². The number of carbonyl (C=O) groups excluding carboxylic acids is 1. The molecule has 2 aromatic carbocycles. The Kier molecular flexibility index (Phi) is 4.99. The van der Waals surface area contributed by atoms with Crippen LogP contribution in [0.3, 0.4) is 0 Å². The molecule has 2 heterocycles. The van der Waals surface area contributed by atoms with Crippen LogP contribution in [-0.2, 0) is 17.5 Å². The molecule has 3 aromatic rings. The van der Waals surface area contributed by atoms with Crippen molar-refractivity contribution in [2.24, 2.45) is 0 Å². The number of alkyl halides is 3. The second-order valence-corrected chi connectivity index (χ2v) is 7.02. The van der Waals surface area contributed by atoms with E-state index in [1.807, 2.05) is 6.07 Å². The Morgan fingerprint density at radius 2 is 1.97 bits per heavy atom. The van der Waals surface area contributed by atoms with Crippen LogP contribution in [0.4, 0.5) is 13.2 Å². The van der Waals surface area contributed by atoms with Crippen molar-refractivity contribution in [3.63, 3.8) is 0 Å². The molecule has 9 heteroatoms. The van der Waals surface area contributed by atoms with Gasteiger partial charge in [-0.05, 0) is 42.0 Å². The third kappa shape index (κ3) is 4.03. The van der Waals surface area contributed by atoms with Gasteiger partial charge in [-0.15, -0.1) is 0 Å². The summed E-state index contributed by atoms with van der Waals surface area (Å²) >= 11 is 0. The second kappa shape index (κ2) is 7.63. The quantitative estimate of drug-likeness (QED) is 0.643. The third-order valence-electron chi connectivity index (χ3n) is 4.91. The van der Waals surface area contributed by atoms with Gasteiger partial charge in [0.1, 0.15) is 0 Å². The lowest BCUT2D eigenvalue weighted by molar-refractivity contribution is -0.137. The number of amides is 1. The molecule has 1 aliphatic rings. The predicted octanol–water partition coefficient (Wildman–Crippen LogP) is 4.14. The zero-order chi connectivity index (χ0) is 21.3. The van der Waals surface area contributed by atoms with Crippen LogP contribution in [0, 0.1) is 11.3 Å². The summed E-state index contributed by atoms with van der Waals surface area (Å²) in [5.74, 6) is 0.161. The number of nitrogens with zero attached hydrogens (tertiary/aromatic N) is 4. The Morgan fingerprint density at radius 1 is 1.20 bits per heavy atom. The van der Waals surface area contributed by atoms with E-state index in [-0.39, 0.29) is 30.7 Å². The molecule has 1 unspecified atom stereocenters. The maximum Gasteiger partial charge on any atom is 0.416 e. The first-order valence-corrected chi connectivity index (χ1v) is 9.11. The van der Waals surface area contributed by atoms with Gasteiger partial charge in [-0.2, -0.15) is 23.4 Å². The summed E-state index contributed by atoms with van der Waals surface area (Å²) in [6.07, 6.45) is -4.27. The van der Waals surface area contributed by atoms with Crippen LogP contribution in [0.25, 0.3) is 11.5 Å². The zero-order valence-electron chi connectivity index (χ0n) is 15.6. The Hall–Kier alpha value is -3.67. The lowest BCUT2D eigenvalue weighted by atomic mass is 10.1. The van der Waals surface area contributed by atoms with Crippen molar-refractivity contribution in [2.75, 3.05) is 6.54 Å². The maximum absolute atomic E-state index is 12.9. The molecule has 4 rings (SSSR count). The molecule has 6 nitrogen and oxygen atoms in total. The van der Waals surface area contributed by atoms with Gasteiger partial charge in [-0.3, -0.25) is 4.79 Å². The minimum atomic E-state index is -4.43. The molecule has 1 amide bonds. The molecule has 1 aromatic heterocycles. The van der Waals surface area contributed by atoms with Crippen LogP contribution < -0.4 is 0 Å². The Balaban J connectivity index is 1.46. The smallest absolute Gasteiger partial charge is 0.338 e. The third-order valence-corrected chi connectivity index (χ3v) is 4.91. The van der Waals surface area contributed by atoms with Crippen molar-refractivity contribution in [1.29, 1.82) is 5.26 Å². The first kappa shape index (κ1) is 19.6. The number of likely N-dealkylation sites (tertiary alicyclic amines) is 1. The van der Waals surface area contributed by atoms with Crippen LogP contribution in [0.15, 0.2) is 53.1 Å². The lowest BCUT2D eigenvalue weighted by Gasteiger charge is -2.17. The van der Waals surface area contributed by atoms with Crippen LogP contribution >= 0.6 is 0 Å². The van der Waals surface area contributed by atoms with Crippen molar-refractivity contribution in [1.82, 2.24) is 15.0 Å². The van der Waals surface area contributed by atoms with Gasteiger partial charge in [0.05, 0.1) is 17.2 Å². The summed E-state index contributed by atoms with van der Waals surface area (Å²) in [4.78, 5) is 18.2. The number of nitriles is 1. The van der Waals surface area contributed by atoms with Gasteiger partial charge in [-0.1, -0.05) is 17.3 Å². The van der Waals surface area contributed by atoms with Crippen molar-refractivity contribution < 1.29 is 22.5 Å². The monoisotopic (exact) mass is 412 g/mol. The highest BCUT2D eigenvalue weighted by molar-refractivity contribution is 5.79. The molecule has 0 spiro atoms. The minimum Gasteiger partial charge on any atom is -0.338 e. The summed E-state index contributed by atoms with van der Waals surface area (Å²) in [5.41, 5.74) is 0.821. The van der Waals surface area contributed by atoms with Crippen LogP contribution in [-0.4, -0.2) is 27.5 Å². The van der Waals surface area contributed by atoms with E-state index in [1.165, 1.54) is 11.0 Å². The SMILES string of the molecule is N#Cc1ccc(-c2nc(C3CC(=O)N(Cc4cccc(C(F)(F)F)c4)C3)no2)cc1. The van der Waals surface area contributed by atoms with E-state index in [1.54, 1.807) is 30.3 Å². The molecule has 0 saturated carbocycles. The first-order chi connectivity index (χ1) is 14.3. The number of carbonyl (C=O) groups is 1. The zero-order valence-corrected chi connectivity index (χ0v) is 15.6. The van der Waals surface area contributed by atoms with Gasteiger partial charge in [0, 0.05) is 31.0 Å². The molecule has 1 atom stereocenters. The number of hydrogen-bond donors (Lipinski definition) is 0. The molecule has 1 aliphatic heterocycles. The normalized spacial score (nSPS) is 16.7. The van der Waals surface area contributed by atoms with E-state index in [0.717, 1.165) is 12.1 Å². The van der Waals surface area contributed by atoms with Crippen molar-refractivity contribution in [3.05, 3.63) is 71.0 Å².